The zero-order chi connectivity index (χ0) is 25.3. The number of hydrogen-bond donors (Lipinski definition) is 1. The molecule has 2 aromatic rings. The fraction of sp³-hybridized carbons (Fsp3) is 0.526. The first-order valence-corrected chi connectivity index (χ1v) is 10.3. The molecule has 0 radical (unpaired) electrons. The number of aromatic nitrogens is 1. The lowest BCUT2D eigenvalue weighted by molar-refractivity contribution is -0.400. The Morgan fingerprint density at radius 1 is 1.09 bits per heavy atom. The normalized spacial score (nSPS) is 16.1. The minimum atomic E-state index is -5.97. The van der Waals surface area contributed by atoms with Crippen molar-refractivity contribution in [2.75, 3.05) is 13.9 Å². The van der Waals surface area contributed by atoms with Gasteiger partial charge in [0.1, 0.15) is 17.9 Å². The Kier molecular flexibility index (Phi) is 7.60. The van der Waals surface area contributed by atoms with Crippen LogP contribution >= 0.6 is 11.3 Å². The van der Waals surface area contributed by atoms with Crippen LogP contribution in [0.2, 0.25) is 0 Å². The van der Waals surface area contributed by atoms with Crippen molar-refractivity contribution in [2.24, 2.45) is 0 Å². The van der Waals surface area contributed by atoms with Crippen molar-refractivity contribution in [1.82, 2.24) is 4.98 Å². The van der Waals surface area contributed by atoms with E-state index in [0.717, 1.165) is 25.3 Å². The van der Waals surface area contributed by atoms with Gasteiger partial charge < -0.3 is 24.1 Å². The van der Waals surface area contributed by atoms with E-state index in [9.17, 15) is 40.2 Å². The van der Waals surface area contributed by atoms with Gasteiger partial charge in [-0.3, -0.25) is 0 Å². The molecule has 0 unspecified atom stereocenters. The van der Waals surface area contributed by atoms with Gasteiger partial charge in [0.05, 0.1) is 11.0 Å². The van der Waals surface area contributed by atoms with Crippen LogP contribution in [-0.2, 0) is 15.1 Å². The van der Waals surface area contributed by atoms with E-state index < -0.39 is 47.3 Å². The molecule has 0 bridgehead atoms. The lowest BCUT2D eigenvalue weighted by Crippen LogP contribution is -2.56. The molecule has 0 amide bonds. The summed E-state index contributed by atoms with van der Waals surface area (Å²) in [5, 5.41) is 9.07. The lowest BCUT2D eigenvalue weighted by Gasteiger charge is -2.34. The number of alkyl halides is 8. The van der Waals surface area contributed by atoms with E-state index in [0.29, 0.717) is 19.0 Å². The van der Waals surface area contributed by atoms with E-state index in [1.165, 1.54) is 0 Å². The minimum Gasteiger partial charge on any atom is -0.487 e. The number of aliphatic hydroxyl groups excluding tert-OH is 1. The minimum absolute atomic E-state index is 0.0603. The van der Waals surface area contributed by atoms with Gasteiger partial charge in [-0.25, -0.2) is 4.98 Å². The number of thiazole rings is 1. The summed E-state index contributed by atoms with van der Waals surface area (Å²) < 4.78 is 125. The highest BCUT2D eigenvalue weighted by atomic mass is 32.1. The number of nitrogens with zero attached hydrogens (tertiary/aromatic N) is 1. The van der Waals surface area contributed by atoms with Gasteiger partial charge in [-0.05, 0) is 30.5 Å². The summed E-state index contributed by atoms with van der Waals surface area (Å²) in [6.07, 6.45) is -12.0. The van der Waals surface area contributed by atoms with Crippen LogP contribution in [0.15, 0.2) is 24.4 Å². The van der Waals surface area contributed by atoms with Gasteiger partial charge in [-0.15, -0.1) is 11.3 Å². The fourth-order valence-electron chi connectivity index (χ4n) is 2.86. The summed E-state index contributed by atoms with van der Waals surface area (Å²) in [4.78, 5) is 2.85. The third-order valence-corrected chi connectivity index (χ3v) is 5.75. The summed E-state index contributed by atoms with van der Waals surface area (Å²) in [6, 6.07) is 3.27. The number of benzene rings is 1. The predicted molar refractivity (Wildman–Crippen MR) is 99.6 cm³/mol. The average molecular weight is 523 g/mol. The third kappa shape index (κ3) is 5.37. The van der Waals surface area contributed by atoms with Crippen molar-refractivity contribution in [1.29, 1.82) is 0 Å². The summed E-state index contributed by atoms with van der Waals surface area (Å²) >= 11 is -0.0798. The second-order valence-corrected chi connectivity index (χ2v) is 8.16. The Hall–Kier alpha value is -2.23. The number of hydrogen-bond acceptors (Lipinski definition) is 7. The first-order valence-electron chi connectivity index (χ1n) is 9.46. The molecule has 0 aliphatic heterocycles. The monoisotopic (exact) mass is 523 g/mol. The summed E-state index contributed by atoms with van der Waals surface area (Å²) in [5.74, 6) is -0.503. The summed E-state index contributed by atoms with van der Waals surface area (Å²) in [5.41, 5.74) is -4.86. The standard InChI is InChI=1S/C19H17F8NO5S/c1-30-8-31-17(18(22,23)24,19(25,26)27)15-28-7-13(34-15)14(29)9-2-5-11(33-16(20)21)12(6-9)32-10-3-4-10/h2,5-7,10,14,16,29H,3-4,8H2,1H3/t14-/m1/s1. The topological polar surface area (TPSA) is 70.0 Å². The van der Waals surface area contributed by atoms with Crippen molar-refractivity contribution in [3.8, 4) is 11.5 Å². The molecule has 1 atom stereocenters. The maximum absolute atomic E-state index is 13.7. The van der Waals surface area contributed by atoms with Crippen LogP contribution in [0.1, 0.15) is 34.4 Å². The molecule has 3 rings (SSSR count). The molecule has 1 heterocycles. The quantitative estimate of drug-likeness (QED) is 0.337. The first-order chi connectivity index (χ1) is 15.8. The average Bonchev–Trinajstić information content (AvgIpc) is 3.40. The molecule has 1 aromatic carbocycles. The largest absolute Gasteiger partial charge is 0.487 e. The van der Waals surface area contributed by atoms with Crippen LogP contribution < -0.4 is 9.47 Å². The van der Waals surface area contributed by atoms with Crippen molar-refractivity contribution in [3.05, 3.63) is 39.8 Å². The second-order valence-electron chi connectivity index (χ2n) is 7.10. The van der Waals surface area contributed by atoms with Gasteiger partial charge in [0.15, 0.2) is 11.5 Å². The zero-order valence-corrected chi connectivity index (χ0v) is 17.9. The maximum Gasteiger partial charge on any atom is 0.433 e. The molecule has 1 aliphatic rings. The Labute approximate surface area is 191 Å². The van der Waals surface area contributed by atoms with E-state index in [1.807, 2.05) is 0 Å². The van der Waals surface area contributed by atoms with E-state index in [4.69, 9.17) is 4.74 Å². The smallest absolute Gasteiger partial charge is 0.433 e. The van der Waals surface area contributed by atoms with Gasteiger partial charge in [0.2, 0.25) is 0 Å². The summed E-state index contributed by atoms with van der Waals surface area (Å²) in [6.45, 7) is -4.52. The highest BCUT2D eigenvalue weighted by molar-refractivity contribution is 7.11. The van der Waals surface area contributed by atoms with Gasteiger partial charge in [-0.2, -0.15) is 35.1 Å². The number of rotatable bonds is 10. The van der Waals surface area contributed by atoms with Crippen molar-refractivity contribution >= 4 is 11.3 Å². The number of methoxy groups -OCH3 is 1. The highest BCUT2D eigenvalue weighted by Crippen LogP contribution is 2.54. The molecule has 15 heteroatoms. The molecular formula is C19H17F8NO5S. The highest BCUT2D eigenvalue weighted by Gasteiger charge is 2.75. The van der Waals surface area contributed by atoms with Gasteiger partial charge >= 0.3 is 24.6 Å². The van der Waals surface area contributed by atoms with Crippen LogP contribution in [0.3, 0.4) is 0 Å². The van der Waals surface area contributed by atoms with Crippen LogP contribution in [0.4, 0.5) is 35.1 Å². The summed E-state index contributed by atoms with van der Waals surface area (Å²) in [7, 11) is 0.844. The van der Waals surface area contributed by atoms with Crippen LogP contribution in [0.5, 0.6) is 11.5 Å². The third-order valence-electron chi connectivity index (χ3n) is 4.60. The molecule has 1 aliphatic carbocycles. The molecular weight excluding hydrogens is 506 g/mol. The zero-order valence-electron chi connectivity index (χ0n) is 17.1. The van der Waals surface area contributed by atoms with Crippen LogP contribution in [0.25, 0.3) is 0 Å². The molecule has 0 spiro atoms. The van der Waals surface area contributed by atoms with Crippen LogP contribution in [-0.4, -0.2) is 49.1 Å². The Balaban J connectivity index is 1.98. The molecule has 1 saturated carbocycles. The number of aliphatic hydroxyl groups is 1. The molecule has 0 saturated heterocycles. The number of ether oxygens (including phenoxy) is 4. The van der Waals surface area contributed by atoms with Gasteiger partial charge in [0.25, 0.3) is 0 Å². The second kappa shape index (κ2) is 9.79. The molecule has 34 heavy (non-hydrogen) atoms. The molecule has 6 nitrogen and oxygen atoms in total. The molecule has 1 N–H and O–H groups in total. The Bertz CT molecular complexity index is 962. The fourth-order valence-corrected chi connectivity index (χ4v) is 3.98. The van der Waals surface area contributed by atoms with Gasteiger partial charge in [-0.1, -0.05) is 6.07 Å². The molecule has 1 fully saturated rings. The lowest BCUT2D eigenvalue weighted by atomic mass is 10.0. The van der Waals surface area contributed by atoms with E-state index in [1.54, 1.807) is 0 Å². The van der Waals surface area contributed by atoms with Crippen LogP contribution in [0, 0.1) is 0 Å². The van der Waals surface area contributed by atoms with Gasteiger partial charge in [0, 0.05) is 13.3 Å². The van der Waals surface area contributed by atoms with E-state index in [2.05, 4.69) is 19.2 Å². The van der Waals surface area contributed by atoms with E-state index >= 15 is 0 Å². The van der Waals surface area contributed by atoms with E-state index in [-0.39, 0.29) is 34.5 Å². The van der Waals surface area contributed by atoms with Crippen molar-refractivity contribution in [3.63, 3.8) is 0 Å². The SMILES string of the molecule is COCOC(c1ncc([C@H](O)c2ccc(OC(F)F)c(OC3CC3)c2)s1)(C(F)(F)F)C(F)(F)F. The Morgan fingerprint density at radius 2 is 1.74 bits per heavy atom. The maximum atomic E-state index is 13.7. The molecule has 190 valence electrons. The van der Waals surface area contributed by atoms with Crippen molar-refractivity contribution in [2.45, 2.75) is 49.6 Å². The number of halogens is 8. The molecule has 1 aromatic heterocycles. The predicted octanol–water partition coefficient (Wildman–Crippen LogP) is 5.31. The van der Waals surface area contributed by atoms with Crippen molar-refractivity contribution < 1.29 is 59.2 Å². The Morgan fingerprint density at radius 3 is 2.26 bits per heavy atom. The first kappa shape index (κ1) is 26.4.